The molecule has 1 aliphatic heterocycles. The van der Waals surface area contributed by atoms with Crippen LogP contribution in [0.2, 0.25) is 0 Å². The van der Waals surface area contributed by atoms with Crippen LogP contribution in [0.3, 0.4) is 0 Å². The summed E-state index contributed by atoms with van der Waals surface area (Å²) in [5.74, 6) is 0.831. The SMILES string of the molecule is O[C@@H]1CCC[C@H]1N1CCC(Cc2ccccc2)CC1. The molecule has 1 N–H and O–H groups in total. The van der Waals surface area contributed by atoms with E-state index < -0.39 is 0 Å². The molecule has 0 amide bonds. The van der Waals surface area contributed by atoms with Crippen LogP contribution in [0.1, 0.15) is 37.7 Å². The van der Waals surface area contributed by atoms with E-state index in [9.17, 15) is 5.11 Å². The summed E-state index contributed by atoms with van der Waals surface area (Å²) in [5, 5.41) is 10.0. The molecular formula is C17H25NO. The number of hydrogen-bond donors (Lipinski definition) is 1. The molecule has 1 saturated heterocycles. The highest BCUT2D eigenvalue weighted by Crippen LogP contribution is 2.29. The van der Waals surface area contributed by atoms with E-state index in [1.165, 1.54) is 50.8 Å². The molecule has 2 nitrogen and oxygen atoms in total. The number of hydrogen-bond acceptors (Lipinski definition) is 2. The minimum Gasteiger partial charge on any atom is -0.391 e. The maximum atomic E-state index is 10.0. The van der Waals surface area contributed by atoms with Crippen molar-refractivity contribution in [2.24, 2.45) is 5.92 Å². The number of rotatable bonds is 3. The Morgan fingerprint density at radius 1 is 1.00 bits per heavy atom. The van der Waals surface area contributed by atoms with Crippen molar-refractivity contribution in [1.29, 1.82) is 0 Å². The third-order valence-electron chi connectivity index (χ3n) is 4.93. The topological polar surface area (TPSA) is 23.5 Å². The number of likely N-dealkylation sites (tertiary alicyclic amines) is 1. The minimum atomic E-state index is -0.0642. The summed E-state index contributed by atoms with van der Waals surface area (Å²) in [4.78, 5) is 2.54. The van der Waals surface area contributed by atoms with Gasteiger partial charge in [0.15, 0.2) is 0 Å². The van der Waals surface area contributed by atoms with E-state index in [1.54, 1.807) is 0 Å². The second kappa shape index (κ2) is 6.06. The lowest BCUT2D eigenvalue weighted by atomic mass is 9.89. The number of aliphatic hydroxyl groups excluding tert-OH is 1. The van der Waals surface area contributed by atoms with Crippen LogP contribution < -0.4 is 0 Å². The van der Waals surface area contributed by atoms with Gasteiger partial charge in [-0.25, -0.2) is 0 Å². The molecule has 3 rings (SSSR count). The predicted octanol–water partition coefficient (Wildman–Crippen LogP) is 2.85. The Morgan fingerprint density at radius 3 is 2.37 bits per heavy atom. The fraction of sp³-hybridized carbons (Fsp3) is 0.647. The average molecular weight is 259 g/mol. The zero-order valence-corrected chi connectivity index (χ0v) is 11.7. The summed E-state index contributed by atoms with van der Waals surface area (Å²) in [7, 11) is 0. The summed E-state index contributed by atoms with van der Waals surface area (Å²) in [6.45, 7) is 2.36. The van der Waals surface area contributed by atoms with Crippen LogP contribution in [-0.2, 0) is 6.42 Å². The van der Waals surface area contributed by atoms with Crippen LogP contribution in [0.15, 0.2) is 30.3 Å². The summed E-state index contributed by atoms with van der Waals surface area (Å²) < 4.78 is 0. The summed E-state index contributed by atoms with van der Waals surface area (Å²) >= 11 is 0. The van der Waals surface area contributed by atoms with Gasteiger partial charge in [-0.3, -0.25) is 4.90 Å². The van der Waals surface area contributed by atoms with Crippen LogP contribution in [0, 0.1) is 5.92 Å². The van der Waals surface area contributed by atoms with Crippen molar-refractivity contribution in [2.45, 2.75) is 50.7 Å². The first kappa shape index (κ1) is 13.1. The van der Waals surface area contributed by atoms with Crippen LogP contribution in [0.25, 0.3) is 0 Å². The van der Waals surface area contributed by atoms with E-state index in [0.29, 0.717) is 6.04 Å². The van der Waals surface area contributed by atoms with Crippen molar-refractivity contribution in [1.82, 2.24) is 4.90 Å². The Morgan fingerprint density at radius 2 is 1.74 bits per heavy atom. The van der Waals surface area contributed by atoms with Crippen LogP contribution >= 0.6 is 0 Å². The first-order chi connectivity index (χ1) is 9.33. The lowest BCUT2D eigenvalue weighted by Crippen LogP contribution is -2.45. The first-order valence-corrected chi connectivity index (χ1v) is 7.79. The Kier molecular flexibility index (Phi) is 4.19. The Labute approximate surface area is 116 Å². The van der Waals surface area contributed by atoms with E-state index in [1.807, 2.05) is 0 Å². The van der Waals surface area contributed by atoms with Gasteiger partial charge in [0.05, 0.1) is 6.10 Å². The number of nitrogens with zero attached hydrogens (tertiary/aromatic N) is 1. The molecule has 1 aromatic carbocycles. The lowest BCUT2D eigenvalue weighted by molar-refractivity contribution is 0.0482. The van der Waals surface area contributed by atoms with Crippen molar-refractivity contribution in [2.75, 3.05) is 13.1 Å². The standard InChI is InChI=1S/C17H25NO/c19-17-8-4-7-16(17)18-11-9-15(10-12-18)13-14-5-2-1-3-6-14/h1-3,5-6,15-17,19H,4,7-13H2/t16-,17-/m1/s1. The normalized spacial score (nSPS) is 29.7. The summed E-state index contributed by atoms with van der Waals surface area (Å²) in [6.07, 6.45) is 7.15. The lowest BCUT2D eigenvalue weighted by Gasteiger charge is -2.37. The molecule has 1 heterocycles. The van der Waals surface area contributed by atoms with Crippen molar-refractivity contribution < 1.29 is 5.11 Å². The molecule has 2 atom stereocenters. The number of aliphatic hydroxyl groups is 1. The largest absolute Gasteiger partial charge is 0.391 e. The van der Waals surface area contributed by atoms with Gasteiger partial charge in [-0.2, -0.15) is 0 Å². The zero-order valence-electron chi connectivity index (χ0n) is 11.7. The van der Waals surface area contributed by atoms with E-state index >= 15 is 0 Å². The molecule has 1 aliphatic carbocycles. The van der Waals surface area contributed by atoms with Gasteiger partial charge in [0.2, 0.25) is 0 Å². The van der Waals surface area contributed by atoms with Gasteiger partial charge in [-0.15, -0.1) is 0 Å². The molecule has 1 saturated carbocycles. The minimum absolute atomic E-state index is 0.0642. The maximum absolute atomic E-state index is 10.0. The van der Waals surface area contributed by atoms with Gasteiger partial charge in [-0.1, -0.05) is 30.3 Å². The second-order valence-electron chi connectivity index (χ2n) is 6.23. The van der Waals surface area contributed by atoms with Crippen molar-refractivity contribution in [3.05, 3.63) is 35.9 Å². The van der Waals surface area contributed by atoms with Crippen molar-refractivity contribution in [3.63, 3.8) is 0 Å². The highest BCUT2D eigenvalue weighted by molar-refractivity contribution is 5.15. The molecular weight excluding hydrogens is 234 g/mol. The number of benzene rings is 1. The van der Waals surface area contributed by atoms with Crippen LogP contribution in [0.4, 0.5) is 0 Å². The molecule has 0 radical (unpaired) electrons. The highest BCUT2D eigenvalue weighted by atomic mass is 16.3. The molecule has 1 aromatic rings. The Hall–Kier alpha value is -0.860. The summed E-state index contributed by atoms with van der Waals surface area (Å²) in [5.41, 5.74) is 1.47. The van der Waals surface area contributed by atoms with Crippen LogP contribution in [-0.4, -0.2) is 35.2 Å². The van der Waals surface area contributed by atoms with E-state index in [4.69, 9.17) is 0 Å². The van der Waals surface area contributed by atoms with Gasteiger partial charge in [-0.05, 0) is 63.1 Å². The van der Waals surface area contributed by atoms with Gasteiger partial charge in [0.25, 0.3) is 0 Å². The van der Waals surface area contributed by atoms with Gasteiger partial charge in [0, 0.05) is 6.04 Å². The van der Waals surface area contributed by atoms with Gasteiger partial charge in [0.1, 0.15) is 0 Å². The van der Waals surface area contributed by atoms with Gasteiger partial charge < -0.3 is 5.11 Å². The second-order valence-corrected chi connectivity index (χ2v) is 6.23. The molecule has 104 valence electrons. The fourth-order valence-electron chi connectivity index (χ4n) is 3.78. The molecule has 0 spiro atoms. The molecule has 2 heteroatoms. The van der Waals surface area contributed by atoms with E-state index in [2.05, 4.69) is 35.2 Å². The first-order valence-electron chi connectivity index (χ1n) is 7.79. The van der Waals surface area contributed by atoms with Crippen LogP contribution in [0.5, 0.6) is 0 Å². The quantitative estimate of drug-likeness (QED) is 0.902. The molecule has 19 heavy (non-hydrogen) atoms. The smallest absolute Gasteiger partial charge is 0.0695 e. The molecule has 2 fully saturated rings. The Balaban J connectivity index is 1.49. The third kappa shape index (κ3) is 3.18. The van der Waals surface area contributed by atoms with Crippen molar-refractivity contribution in [3.8, 4) is 0 Å². The third-order valence-corrected chi connectivity index (χ3v) is 4.93. The predicted molar refractivity (Wildman–Crippen MR) is 78.1 cm³/mol. The van der Waals surface area contributed by atoms with Crippen molar-refractivity contribution >= 4 is 0 Å². The molecule has 0 unspecified atom stereocenters. The highest BCUT2D eigenvalue weighted by Gasteiger charge is 2.32. The number of piperidine rings is 1. The average Bonchev–Trinajstić information content (AvgIpc) is 2.87. The Bertz CT molecular complexity index is 384. The van der Waals surface area contributed by atoms with E-state index in [-0.39, 0.29) is 6.10 Å². The van der Waals surface area contributed by atoms with Gasteiger partial charge >= 0.3 is 0 Å². The molecule has 0 bridgehead atoms. The molecule has 2 aliphatic rings. The molecule has 0 aromatic heterocycles. The summed E-state index contributed by atoms with van der Waals surface area (Å²) in [6, 6.07) is 11.3. The zero-order chi connectivity index (χ0) is 13.1. The van der Waals surface area contributed by atoms with E-state index in [0.717, 1.165) is 12.3 Å². The monoisotopic (exact) mass is 259 g/mol. The maximum Gasteiger partial charge on any atom is 0.0695 e. The fourth-order valence-corrected chi connectivity index (χ4v) is 3.78.